The largest absolute Gasteiger partial charge is 0.352 e. The Morgan fingerprint density at radius 2 is 1.59 bits per heavy atom. The second kappa shape index (κ2) is 7.05. The molecule has 1 N–H and O–H groups in total. The summed E-state index contributed by atoms with van der Waals surface area (Å²) in [7, 11) is 0. The van der Waals surface area contributed by atoms with Gasteiger partial charge in [0.2, 0.25) is 5.91 Å². The quantitative estimate of drug-likeness (QED) is 0.749. The summed E-state index contributed by atoms with van der Waals surface area (Å²) in [5.74, 6) is 0.0543. The van der Waals surface area contributed by atoms with Crippen LogP contribution in [0.1, 0.15) is 11.1 Å². The van der Waals surface area contributed by atoms with Crippen LogP contribution in [0, 0.1) is 0 Å². The maximum absolute atomic E-state index is 12.0. The summed E-state index contributed by atoms with van der Waals surface area (Å²) in [6, 6.07) is 20.4. The molecule has 3 rings (SSSR count). The number of amides is 1. The molecule has 1 amide bonds. The molecule has 3 aromatic rings. The number of carbonyl (C=O) groups is 1. The van der Waals surface area contributed by atoms with Crippen LogP contribution >= 0.6 is 11.3 Å². The third-order valence-electron chi connectivity index (χ3n) is 3.50. The van der Waals surface area contributed by atoms with Gasteiger partial charge in [-0.15, -0.1) is 0 Å². The van der Waals surface area contributed by atoms with Crippen molar-refractivity contribution in [3.05, 3.63) is 82.6 Å². The van der Waals surface area contributed by atoms with Crippen LogP contribution in [-0.4, -0.2) is 5.91 Å². The summed E-state index contributed by atoms with van der Waals surface area (Å²) in [6.07, 6.45) is 0.416. The fourth-order valence-corrected chi connectivity index (χ4v) is 2.96. The minimum atomic E-state index is 0.0543. The molecule has 0 saturated carbocycles. The van der Waals surface area contributed by atoms with Crippen molar-refractivity contribution < 1.29 is 4.79 Å². The number of carbonyl (C=O) groups excluding carboxylic acids is 1. The Balaban J connectivity index is 1.58. The van der Waals surface area contributed by atoms with E-state index in [1.165, 1.54) is 11.1 Å². The summed E-state index contributed by atoms with van der Waals surface area (Å²) in [5, 5.41) is 7.02. The highest BCUT2D eigenvalue weighted by Gasteiger charge is 2.04. The zero-order valence-corrected chi connectivity index (χ0v) is 13.0. The first-order valence-electron chi connectivity index (χ1n) is 7.23. The third kappa shape index (κ3) is 3.83. The van der Waals surface area contributed by atoms with Gasteiger partial charge in [0.25, 0.3) is 0 Å². The van der Waals surface area contributed by atoms with Gasteiger partial charge in [0, 0.05) is 6.54 Å². The van der Waals surface area contributed by atoms with Gasteiger partial charge in [-0.1, -0.05) is 54.6 Å². The van der Waals surface area contributed by atoms with E-state index in [-0.39, 0.29) is 5.91 Å². The van der Waals surface area contributed by atoms with Crippen molar-refractivity contribution in [3.8, 4) is 11.1 Å². The fourth-order valence-electron chi connectivity index (χ4n) is 2.29. The molecule has 0 radical (unpaired) electrons. The maximum atomic E-state index is 12.0. The van der Waals surface area contributed by atoms with E-state index in [9.17, 15) is 4.79 Å². The number of hydrogen-bond acceptors (Lipinski definition) is 2. The molecule has 0 atom stereocenters. The van der Waals surface area contributed by atoms with E-state index in [1.807, 2.05) is 41.8 Å². The van der Waals surface area contributed by atoms with Crippen LogP contribution in [0.2, 0.25) is 0 Å². The van der Waals surface area contributed by atoms with Crippen molar-refractivity contribution in [2.24, 2.45) is 0 Å². The number of hydrogen-bond donors (Lipinski definition) is 1. The van der Waals surface area contributed by atoms with Crippen molar-refractivity contribution in [2.45, 2.75) is 13.0 Å². The van der Waals surface area contributed by atoms with Crippen LogP contribution in [0.5, 0.6) is 0 Å². The fraction of sp³-hybridized carbons (Fsp3) is 0.105. The standard InChI is InChI=1S/C19H17NOS/c21-19(20-13-16-10-11-22-14-16)12-15-6-8-18(9-7-15)17-4-2-1-3-5-17/h1-11,14H,12-13H2,(H,20,21). The Morgan fingerprint density at radius 1 is 0.864 bits per heavy atom. The van der Waals surface area contributed by atoms with E-state index in [4.69, 9.17) is 0 Å². The summed E-state index contributed by atoms with van der Waals surface area (Å²) in [6.45, 7) is 0.602. The predicted octanol–water partition coefficient (Wildman–Crippen LogP) is 4.27. The zero-order valence-electron chi connectivity index (χ0n) is 12.2. The molecule has 1 aromatic heterocycles. The van der Waals surface area contributed by atoms with Gasteiger partial charge < -0.3 is 5.32 Å². The van der Waals surface area contributed by atoms with E-state index in [2.05, 4.69) is 35.0 Å². The van der Waals surface area contributed by atoms with Crippen LogP contribution in [-0.2, 0) is 17.8 Å². The van der Waals surface area contributed by atoms with Crippen LogP contribution in [0.25, 0.3) is 11.1 Å². The molecule has 0 spiro atoms. The molecule has 0 bridgehead atoms. The first-order valence-corrected chi connectivity index (χ1v) is 8.18. The second-order valence-electron chi connectivity index (χ2n) is 5.15. The molecule has 0 unspecified atom stereocenters. The topological polar surface area (TPSA) is 29.1 Å². The van der Waals surface area contributed by atoms with Crippen molar-refractivity contribution in [3.63, 3.8) is 0 Å². The Bertz CT molecular complexity index is 718. The average Bonchev–Trinajstić information content (AvgIpc) is 3.08. The predicted molar refractivity (Wildman–Crippen MR) is 91.7 cm³/mol. The Kier molecular flexibility index (Phi) is 4.66. The van der Waals surface area contributed by atoms with Crippen molar-refractivity contribution in [2.75, 3.05) is 0 Å². The summed E-state index contributed by atoms with van der Waals surface area (Å²) in [5.41, 5.74) is 4.54. The molecule has 0 aliphatic heterocycles. The van der Waals surface area contributed by atoms with Crippen LogP contribution in [0.4, 0.5) is 0 Å². The Labute approximate surface area is 134 Å². The zero-order chi connectivity index (χ0) is 15.2. The molecule has 0 saturated heterocycles. The van der Waals surface area contributed by atoms with E-state index >= 15 is 0 Å². The lowest BCUT2D eigenvalue weighted by Gasteiger charge is -2.06. The molecule has 2 aromatic carbocycles. The maximum Gasteiger partial charge on any atom is 0.224 e. The number of rotatable bonds is 5. The first kappa shape index (κ1) is 14.5. The second-order valence-corrected chi connectivity index (χ2v) is 5.93. The number of nitrogens with one attached hydrogen (secondary N) is 1. The molecular weight excluding hydrogens is 290 g/mol. The smallest absolute Gasteiger partial charge is 0.224 e. The molecule has 110 valence electrons. The van der Waals surface area contributed by atoms with E-state index < -0.39 is 0 Å². The molecule has 0 aliphatic rings. The van der Waals surface area contributed by atoms with E-state index in [0.29, 0.717) is 13.0 Å². The first-order chi connectivity index (χ1) is 10.8. The van der Waals surface area contributed by atoms with E-state index in [1.54, 1.807) is 11.3 Å². The van der Waals surface area contributed by atoms with Crippen LogP contribution in [0.3, 0.4) is 0 Å². The van der Waals surface area contributed by atoms with Gasteiger partial charge in [0.1, 0.15) is 0 Å². The normalized spacial score (nSPS) is 10.4. The Morgan fingerprint density at radius 3 is 2.27 bits per heavy atom. The highest BCUT2D eigenvalue weighted by Crippen LogP contribution is 2.19. The number of thiophene rings is 1. The van der Waals surface area contributed by atoms with Gasteiger partial charge in [-0.2, -0.15) is 11.3 Å². The molecule has 2 nitrogen and oxygen atoms in total. The minimum absolute atomic E-state index is 0.0543. The van der Waals surface area contributed by atoms with Gasteiger partial charge in [-0.3, -0.25) is 4.79 Å². The highest BCUT2D eigenvalue weighted by molar-refractivity contribution is 7.07. The van der Waals surface area contributed by atoms with E-state index in [0.717, 1.165) is 11.1 Å². The number of benzene rings is 2. The van der Waals surface area contributed by atoms with Crippen LogP contribution < -0.4 is 5.32 Å². The van der Waals surface area contributed by atoms with Gasteiger partial charge in [-0.25, -0.2) is 0 Å². The summed E-state index contributed by atoms with van der Waals surface area (Å²) < 4.78 is 0. The minimum Gasteiger partial charge on any atom is -0.352 e. The summed E-state index contributed by atoms with van der Waals surface area (Å²) >= 11 is 1.64. The molecule has 1 heterocycles. The van der Waals surface area contributed by atoms with Gasteiger partial charge >= 0.3 is 0 Å². The monoisotopic (exact) mass is 307 g/mol. The molecule has 22 heavy (non-hydrogen) atoms. The van der Waals surface area contributed by atoms with Crippen molar-refractivity contribution in [1.29, 1.82) is 0 Å². The molecule has 0 aliphatic carbocycles. The molecule has 0 fully saturated rings. The summed E-state index contributed by atoms with van der Waals surface area (Å²) in [4.78, 5) is 12.0. The Hall–Kier alpha value is -2.39. The van der Waals surface area contributed by atoms with Crippen molar-refractivity contribution >= 4 is 17.2 Å². The SMILES string of the molecule is O=C(Cc1ccc(-c2ccccc2)cc1)NCc1ccsc1. The van der Waals surface area contributed by atoms with Crippen LogP contribution in [0.15, 0.2) is 71.4 Å². The van der Waals surface area contributed by atoms with Gasteiger partial charge in [0.05, 0.1) is 6.42 Å². The molecule has 3 heteroatoms. The highest BCUT2D eigenvalue weighted by atomic mass is 32.1. The third-order valence-corrected chi connectivity index (χ3v) is 4.23. The lowest BCUT2D eigenvalue weighted by atomic mass is 10.0. The molecular formula is C19H17NOS. The van der Waals surface area contributed by atoms with Gasteiger partial charge in [0.15, 0.2) is 0 Å². The van der Waals surface area contributed by atoms with Gasteiger partial charge in [-0.05, 0) is 39.1 Å². The lowest BCUT2D eigenvalue weighted by Crippen LogP contribution is -2.24. The average molecular weight is 307 g/mol. The lowest BCUT2D eigenvalue weighted by molar-refractivity contribution is -0.120. The van der Waals surface area contributed by atoms with Crippen molar-refractivity contribution in [1.82, 2.24) is 5.32 Å².